The molecule has 1 atom stereocenters. The summed E-state index contributed by atoms with van der Waals surface area (Å²) in [6.07, 6.45) is -0.00280. The lowest BCUT2D eigenvalue weighted by molar-refractivity contribution is -0.122. The van der Waals surface area contributed by atoms with Crippen LogP contribution in [0, 0.1) is 0 Å². The van der Waals surface area contributed by atoms with Crippen molar-refractivity contribution in [2.75, 3.05) is 0 Å². The van der Waals surface area contributed by atoms with Crippen molar-refractivity contribution in [3.8, 4) is 0 Å². The smallest absolute Gasteiger partial charge is 0.228 e. The first-order chi connectivity index (χ1) is 6.66. The third-order valence-corrected chi connectivity index (χ3v) is 2.64. The number of carbonyl (C=O) groups is 2. The van der Waals surface area contributed by atoms with Gasteiger partial charge in [0.05, 0.1) is 6.42 Å². The predicted octanol–water partition coefficient (Wildman–Crippen LogP) is 1.58. The van der Waals surface area contributed by atoms with Gasteiger partial charge >= 0.3 is 0 Å². The van der Waals surface area contributed by atoms with Gasteiger partial charge in [0.25, 0.3) is 0 Å². The summed E-state index contributed by atoms with van der Waals surface area (Å²) in [7, 11) is 0. The van der Waals surface area contributed by atoms with Gasteiger partial charge in [-0.05, 0) is 17.7 Å². The highest BCUT2D eigenvalue weighted by molar-refractivity contribution is 9.10. The van der Waals surface area contributed by atoms with E-state index in [-0.39, 0.29) is 18.1 Å². The van der Waals surface area contributed by atoms with Crippen LogP contribution < -0.4 is 5.32 Å². The molecule has 1 aliphatic rings. The van der Waals surface area contributed by atoms with E-state index in [4.69, 9.17) is 0 Å². The molecule has 1 fully saturated rings. The highest BCUT2D eigenvalue weighted by Crippen LogP contribution is 2.23. The molecule has 0 spiro atoms. The fourth-order valence-corrected chi connectivity index (χ4v) is 1.93. The third kappa shape index (κ3) is 1.70. The van der Waals surface area contributed by atoms with Crippen molar-refractivity contribution >= 4 is 27.6 Å². The maximum Gasteiger partial charge on any atom is 0.228 e. The van der Waals surface area contributed by atoms with Crippen LogP contribution in [0.3, 0.4) is 0 Å². The minimum absolute atomic E-state index is 0.00280. The van der Waals surface area contributed by atoms with Crippen LogP contribution in [-0.2, 0) is 9.59 Å². The number of hydrogen-bond donors (Lipinski definition) is 1. The van der Waals surface area contributed by atoms with Gasteiger partial charge < -0.3 is 5.32 Å². The van der Waals surface area contributed by atoms with E-state index < -0.39 is 6.04 Å². The molecule has 1 heterocycles. The number of halogens is 1. The first-order valence-electron chi connectivity index (χ1n) is 4.24. The van der Waals surface area contributed by atoms with Gasteiger partial charge in [-0.2, -0.15) is 0 Å². The van der Waals surface area contributed by atoms with Crippen LogP contribution in [0.25, 0.3) is 0 Å². The Hall–Kier alpha value is -1.16. The molecule has 0 bridgehead atoms. The van der Waals surface area contributed by atoms with Crippen LogP contribution in [-0.4, -0.2) is 11.7 Å². The minimum Gasteiger partial charge on any atom is -0.342 e. The number of carbonyl (C=O) groups excluding carboxylic acids is 2. The van der Waals surface area contributed by atoms with Crippen molar-refractivity contribution in [2.24, 2.45) is 0 Å². The molecule has 14 heavy (non-hydrogen) atoms. The lowest BCUT2D eigenvalue weighted by atomic mass is 10.0. The van der Waals surface area contributed by atoms with E-state index in [1.165, 1.54) is 0 Å². The van der Waals surface area contributed by atoms with E-state index in [0.717, 1.165) is 10.0 Å². The van der Waals surface area contributed by atoms with Crippen LogP contribution in [0.5, 0.6) is 0 Å². The van der Waals surface area contributed by atoms with E-state index in [2.05, 4.69) is 21.2 Å². The van der Waals surface area contributed by atoms with E-state index in [9.17, 15) is 9.59 Å². The normalized spacial score (nSPS) is 21.1. The number of hydrogen-bond acceptors (Lipinski definition) is 2. The molecular weight excluding hydrogens is 246 g/mol. The van der Waals surface area contributed by atoms with E-state index in [1.807, 2.05) is 24.3 Å². The molecule has 0 radical (unpaired) electrons. The summed E-state index contributed by atoms with van der Waals surface area (Å²) in [6, 6.07) is 6.94. The number of benzene rings is 1. The molecule has 1 saturated heterocycles. The van der Waals surface area contributed by atoms with Gasteiger partial charge in [0.1, 0.15) is 6.04 Å². The first-order valence-corrected chi connectivity index (χ1v) is 5.03. The number of Topliss-reactive ketones (excluding diaryl/α,β-unsaturated/α-hetero) is 1. The van der Waals surface area contributed by atoms with Crippen molar-refractivity contribution in [2.45, 2.75) is 12.5 Å². The second kappa shape index (κ2) is 3.53. The lowest BCUT2D eigenvalue weighted by Crippen LogP contribution is -2.20. The molecule has 1 N–H and O–H groups in total. The molecule has 0 aliphatic carbocycles. The number of rotatable bonds is 1. The SMILES string of the molecule is O=C1CC(=O)C(c2cccc(Br)c2)N1. The van der Waals surface area contributed by atoms with Crippen molar-refractivity contribution < 1.29 is 9.59 Å². The summed E-state index contributed by atoms with van der Waals surface area (Å²) in [4.78, 5) is 22.4. The van der Waals surface area contributed by atoms with Gasteiger partial charge in [-0.3, -0.25) is 9.59 Å². The maximum absolute atomic E-state index is 11.4. The molecule has 72 valence electrons. The second-order valence-corrected chi connectivity index (χ2v) is 4.11. The summed E-state index contributed by atoms with van der Waals surface area (Å²) in [5, 5.41) is 2.64. The van der Waals surface area contributed by atoms with Crippen molar-refractivity contribution in [3.05, 3.63) is 34.3 Å². The minimum atomic E-state index is -0.458. The van der Waals surface area contributed by atoms with Crippen LogP contribution in [0.4, 0.5) is 0 Å². The second-order valence-electron chi connectivity index (χ2n) is 3.20. The Kier molecular flexibility index (Phi) is 2.37. The summed E-state index contributed by atoms with van der Waals surface area (Å²) in [5.74, 6) is -0.256. The molecule has 4 heteroatoms. The van der Waals surface area contributed by atoms with Gasteiger partial charge in [-0.25, -0.2) is 0 Å². The monoisotopic (exact) mass is 253 g/mol. The van der Waals surface area contributed by atoms with E-state index in [1.54, 1.807) is 0 Å². The van der Waals surface area contributed by atoms with Crippen molar-refractivity contribution in [1.82, 2.24) is 5.32 Å². The van der Waals surface area contributed by atoms with Gasteiger partial charge in [-0.1, -0.05) is 28.1 Å². The Bertz CT molecular complexity index is 403. The molecule has 1 aliphatic heterocycles. The average molecular weight is 254 g/mol. The zero-order chi connectivity index (χ0) is 10.1. The zero-order valence-corrected chi connectivity index (χ0v) is 8.87. The fourth-order valence-electron chi connectivity index (χ4n) is 1.51. The first kappa shape index (κ1) is 9.40. The number of amides is 1. The Labute approximate surface area is 89.6 Å². The molecule has 1 aromatic carbocycles. The van der Waals surface area contributed by atoms with Crippen molar-refractivity contribution in [3.63, 3.8) is 0 Å². The number of ketones is 1. The topological polar surface area (TPSA) is 46.2 Å². The summed E-state index contributed by atoms with van der Waals surface area (Å²) < 4.78 is 0.906. The van der Waals surface area contributed by atoms with Gasteiger partial charge in [-0.15, -0.1) is 0 Å². The van der Waals surface area contributed by atoms with Crippen molar-refractivity contribution in [1.29, 1.82) is 0 Å². The highest BCUT2D eigenvalue weighted by Gasteiger charge is 2.30. The zero-order valence-electron chi connectivity index (χ0n) is 7.29. The largest absolute Gasteiger partial charge is 0.342 e. The third-order valence-electron chi connectivity index (χ3n) is 2.14. The Morgan fingerprint density at radius 3 is 2.71 bits per heavy atom. The van der Waals surface area contributed by atoms with Gasteiger partial charge in [0.2, 0.25) is 5.91 Å². The summed E-state index contributed by atoms with van der Waals surface area (Å²) in [5.41, 5.74) is 0.829. The Morgan fingerprint density at radius 2 is 2.14 bits per heavy atom. The average Bonchev–Trinajstić information content (AvgIpc) is 2.45. The molecule has 2 rings (SSSR count). The standard InChI is InChI=1S/C10H8BrNO2/c11-7-3-1-2-6(4-7)10-8(13)5-9(14)12-10/h1-4,10H,5H2,(H,12,14). The molecule has 1 amide bonds. The molecular formula is C10H8BrNO2. The summed E-state index contributed by atoms with van der Waals surface area (Å²) >= 11 is 3.32. The molecule has 1 aromatic rings. The molecule has 3 nitrogen and oxygen atoms in total. The quantitative estimate of drug-likeness (QED) is 0.773. The van der Waals surface area contributed by atoms with Gasteiger partial charge in [0, 0.05) is 4.47 Å². The van der Waals surface area contributed by atoms with E-state index in [0.29, 0.717) is 0 Å². The predicted molar refractivity (Wildman–Crippen MR) is 54.6 cm³/mol. The van der Waals surface area contributed by atoms with Crippen LogP contribution in [0.1, 0.15) is 18.0 Å². The van der Waals surface area contributed by atoms with Gasteiger partial charge in [0.15, 0.2) is 5.78 Å². The summed E-state index contributed by atoms with van der Waals surface area (Å²) in [6.45, 7) is 0. The van der Waals surface area contributed by atoms with Crippen LogP contribution in [0.2, 0.25) is 0 Å². The van der Waals surface area contributed by atoms with Crippen LogP contribution >= 0.6 is 15.9 Å². The Balaban J connectivity index is 2.31. The molecule has 1 unspecified atom stereocenters. The maximum atomic E-state index is 11.4. The molecule has 0 saturated carbocycles. The number of nitrogens with one attached hydrogen (secondary N) is 1. The highest BCUT2D eigenvalue weighted by atomic mass is 79.9. The molecule has 0 aromatic heterocycles. The fraction of sp³-hybridized carbons (Fsp3) is 0.200. The van der Waals surface area contributed by atoms with Crippen LogP contribution in [0.15, 0.2) is 28.7 Å². The van der Waals surface area contributed by atoms with E-state index >= 15 is 0 Å². The Morgan fingerprint density at radius 1 is 1.36 bits per heavy atom. The lowest BCUT2D eigenvalue weighted by Gasteiger charge is -2.08.